The lowest BCUT2D eigenvalue weighted by atomic mass is 10.1. The molecule has 0 saturated carbocycles. The molecule has 2 heterocycles. The molecule has 0 atom stereocenters. The zero-order chi connectivity index (χ0) is 22.5. The Morgan fingerprint density at radius 2 is 1.81 bits per heavy atom. The van der Waals surface area contributed by atoms with Crippen LogP contribution in [0.1, 0.15) is 52.1 Å². The van der Waals surface area contributed by atoms with E-state index in [1.165, 1.54) is 24.3 Å². The molecule has 31 heavy (non-hydrogen) atoms. The Bertz CT molecular complexity index is 1140. The fourth-order valence-corrected chi connectivity index (χ4v) is 2.91. The Morgan fingerprint density at radius 1 is 1.10 bits per heavy atom. The molecule has 0 amide bonds. The summed E-state index contributed by atoms with van der Waals surface area (Å²) in [5.41, 5.74) is 6.49. The number of benzene rings is 1. The number of hydrogen-bond donors (Lipinski definition) is 1. The summed E-state index contributed by atoms with van der Waals surface area (Å²) in [6.45, 7) is 3.14. The van der Waals surface area contributed by atoms with Crippen LogP contribution in [0.5, 0.6) is 0 Å². The molecule has 3 rings (SSSR count). The summed E-state index contributed by atoms with van der Waals surface area (Å²) in [6.07, 6.45) is -0.256. The lowest BCUT2D eigenvalue weighted by molar-refractivity contribution is -0.145. The Morgan fingerprint density at radius 3 is 2.48 bits per heavy atom. The molecule has 0 unspecified atom stereocenters. The number of halogens is 1. The third-order valence-corrected chi connectivity index (χ3v) is 4.37. The zero-order valence-electron chi connectivity index (χ0n) is 16.9. The molecule has 3 aromatic rings. The first-order valence-electron chi connectivity index (χ1n) is 9.47. The predicted octanol–water partition coefficient (Wildman–Crippen LogP) is 3.14. The second kappa shape index (κ2) is 9.33. The maximum atomic E-state index is 12.9. The molecule has 10 heteroatoms. The molecule has 0 spiro atoms. The van der Waals surface area contributed by atoms with Crippen LogP contribution >= 0.6 is 0 Å². The van der Waals surface area contributed by atoms with Gasteiger partial charge in [0.2, 0.25) is 5.71 Å². The molecule has 1 aromatic carbocycles. The summed E-state index contributed by atoms with van der Waals surface area (Å²) < 4.78 is 28.5. The van der Waals surface area contributed by atoms with Crippen molar-refractivity contribution >= 4 is 34.6 Å². The van der Waals surface area contributed by atoms with Gasteiger partial charge in [0, 0.05) is 12.0 Å². The van der Waals surface area contributed by atoms with Crippen molar-refractivity contribution in [2.75, 3.05) is 12.3 Å². The first-order chi connectivity index (χ1) is 14.8. The van der Waals surface area contributed by atoms with Gasteiger partial charge in [-0.3, -0.25) is 9.59 Å². The van der Waals surface area contributed by atoms with Crippen LogP contribution in [0.4, 0.5) is 10.2 Å². The van der Waals surface area contributed by atoms with E-state index in [0.29, 0.717) is 5.56 Å². The van der Waals surface area contributed by atoms with Crippen molar-refractivity contribution in [1.82, 2.24) is 9.97 Å². The van der Waals surface area contributed by atoms with Crippen LogP contribution in [0, 0.1) is 12.7 Å². The molecule has 2 aromatic heterocycles. The average molecular weight is 429 g/mol. The van der Waals surface area contributed by atoms with Crippen LogP contribution in [-0.4, -0.2) is 34.3 Å². The molecule has 0 aliphatic rings. The molecule has 0 aliphatic carbocycles. The first kappa shape index (κ1) is 21.9. The number of nitrogens with zero attached hydrogens (tertiary/aromatic N) is 2. The van der Waals surface area contributed by atoms with Gasteiger partial charge in [-0.1, -0.05) is 0 Å². The number of Topliss-reactive ketones (excluding diaryl/α,β-unsaturated/α-hetero) is 1. The third-order valence-electron chi connectivity index (χ3n) is 4.37. The van der Waals surface area contributed by atoms with E-state index in [0.717, 1.165) is 0 Å². The van der Waals surface area contributed by atoms with E-state index in [1.807, 2.05) is 0 Å². The van der Waals surface area contributed by atoms with E-state index in [4.69, 9.17) is 19.6 Å². The van der Waals surface area contributed by atoms with Gasteiger partial charge in [-0.15, -0.1) is 0 Å². The topological polar surface area (TPSA) is 135 Å². The highest BCUT2D eigenvalue weighted by Gasteiger charge is 2.24. The molecule has 0 saturated heterocycles. The molecular weight excluding hydrogens is 409 g/mol. The van der Waals surface area contributed by atoms with Gasteiger partial charge < -0.3 is 19.6 Å². The van der Waals surface area contributed by atoms with Crippen molar-refractivity contribution in [2.24, 2.45) is 0 Å². The minimum atomic E-state index is -0.638. The van der Waals surface area contributed by atoms with Gasteiger partial charge in [0.15, 0.2) is 18.2 Å². The summed E-state index contributed by atoms with van der Waals surface area (Å²) in [7, 11) is 0. The van der Waals surface area contributed by atoms with E-state index in [9.17, 15) is 18.8 Å². The summed E-state index contributed by atoms with van der Waals surface area (Å²) in [5.74, 6) is -1.65. The predicted molar refractivity (Wildman–Crippen MR) is 107 cm³/mol. The number of hydrogen-bond acceptors (Lipinski definition) is 9. The van der Waals surface area contributed by atoms with Crippen LogP contribution in [0.3, 0.4) is 0 Å². The number of esters is 2. The molecule has 2 N–H and O–H groups in total. The maximum absolute atomic E-state index is 12.9. The summed E-state index contributed by atoms with van der Waals surface area (Å²) in [5, 5.41) is 0.232. The van der Waals surface area contributed by atoms with E-state index in [2.05, 4.69) is 9.97 Å². The summed E-state index contributed by atoms with van der Waals surface area (Å²) >= 11 is 0. The highest BCUT2D eigenvalue weighted by molar-refractivity contribution is 6.07. The van der Waals surface area contributed by atoms with Gasteiger partial charge >= 0.3 is 11.9 Å². The lowest BCUT2D eigenvalue weighted by Gasteiger charge is -2.06. The minimum Gasteiger partial charge on any atom is -0.462 e. The van der Waals surface area contributed by atoms with Crippen molar-refractivity contribution in [3.8, 4) is 0 Å². The molecule has 0 aliphatic heterocycles. The van der Waals surface area contributed by atoms with Gasteiger partial charge in [0.05, 0.1) is 18.4 Å². The number of carbonyl (C=O) groups is 3. The van der Waals surface area contributed by atoms with Crippen LogP contribution < -0.4 is 5.73 Å². The largest absolute Gasteiger partial charge is 0.462 e. The van der Waals surface area contributed by atoms with Crippen LogP contribution in [0.15, 0.2) is 28.7 Å². The molecular formula is C21H20FN3O6. The Labute approximate surface area is 176 Å². The Balaban J connectivity index is 1.63. The van der Waals surface area contributed by atoms with E-state index < -0.39 is 17.8 Å². The normalized spacial score (nSPS) is 10.8. The summed E-state index contributed by atoms with van der Waals surface area (Å²) in [6, 6.07) is 5.05. The fourth-order valence-electron chi connectivity index (χ4n) is 2.91. The van der Waals surface area contributed by atoms with Crippen molar-refractivity contribution in [3.05, 3.63) is 52.8 Å². The van der Waals surface area contributed by atoms with Crippen LogP contribution in [0.2, 0.25) is 0 Å². The molecule has 0 radical (unpaired) electrons. The first-order valence-corrected chi connectivity index (χ1v) is 9.47. The van der Waals surface area contributed by atoms with Crippen molar-refractivity contribution in [1.29, 1.82) is 0 Å². The smallest absolute Gasteiger partial charge is 0.342 e. The van der Waals surface area contributed by atoms with E-state index in [-0.39, 0.29) is 65.9 Å². The number of furan rings is 1. The SMILES string of the molecule is CCOC(=O)c1c(C)oc2nc(COC(=O)CCC(=O)c3ccc(F)cc3)nc(N)c12. The number of anilines is 1. The third kappa shape index (κ3) is 5.03. The number of aryl methyl sites for hydroxylation is 1. The Hall–Kier alpha value is -3.82. The highest BCUT2D eigenvalue weighted by atomic mass is 19.1. The van der Waals surface area contributed by atoms with Crippen molar-refractivity contribution in [2.45, 2.75) is 33.3 Å². The van der Waals surface area contributed by atoms with Crippen LogP contribution in [0.25, 0.3) is 11.1 Å². The quantitative estimate of drug-likeness (QED) is 0.423. The molecule has 0 bridgehead atoms. The molecule has 9 nitrogen and oxygen atoms in total. The summed E-state index contributed by atoms with van der Waals surface area (Å²) in [4.78, 5) is 44.3. The van der Waals surface area contributed by atoms with Gasteiger partial charge in [0.1, 0.15) is 23.0 Å². The highest BCUT2D eigenvalue weighted by Crippen LogP contribution is 2.29. The number of nitrogens with two attached hydrogens (primary N) is 1. The van der Waals surface area contributed by atoms with E-state index in [1.54, 1.807) is 13.8 Å². The van der Waals surface area contributed by atoms with Crippen LogP contribution in [-0.2, 0) is 20.9 Å². The maximum Gasteiger partial charge on any atom is 0.342 e. The number of nitrogen functional groups attached to an aromatic ring is 1. The van der Waals surface area contributed by atoms with Gasteiger partial charge in [-0.25, -0.2) is 14.2 Å². The fraction of sp³-hybridized carbons (Fsp3) is 0.286. The number of fused-ring (bicyclic) bond motifs is 1. The molecule has 162 valence electrons. The molecule has 0 fully saturated rings. The monoisotopic (exact) mass is 429 g/mol. The number of ketones is 1. The van der Waals surface area contributed by atoms with Gasteiger partial charge in [-0.2, -0.15) is 4.98 Å². The van der Waals surface area contributed by atoms with E-state index >= 15 is 0 Å². The number of ether oxygens (including phenoxy) is 2. The second-order valence-corrected chi connectivity index (χ2v) is 6.55. The standard InChI is InChI=1S/C21H20FN3O6/c1-3-29-21(28)17-11(2)31-20-18(17)19(23)24-15(25-20)10-30-16(27)9-8-14(26)12-4-6-13(22)7-5-12/h4-7H,3,8-10H2,1-2H3,(H2,23,24,25). The second-order valence-electron chi connectivity index (χ2n) is 6.55. The Kier molecular flexibility index (Phi) is 6.58. The number of carbonyl (C=O) groups excluding carboxylic acids is 3. The lowest BCUT2D eigenvalue weighted by Crippen LogP contribution is -2.11. The van der Waals surface area contributed by atoms with Gasteiger partial charge in [0.25, 0.3) is 0 Å². The van der Waals surface area contributed by atoms with Gasteiger partial charge in [-0.05, 0) is 38.1 Å². The zero-order valence-corrected chi connectivity index (χ0v) is 16.9. The van der Waals surface area contributed by atoms with Crippen molar-refractivity contribution in [3.63, 3.8) is 0 Å². The number of rotatable bonds is 8. The van der Waals surface area contributed by atoms with Crippen molar-refractivity contribution < 1.29 is 32.7 Å². The average Bonchev–Trinajstić information content (AvgIpc) is 3.07. The number of aromatic nitrogens is 2. The minimum absolute atomic E-state index is 0.0116.